The van der Waals surface area contributed by atoms with Gasteiger partial charge in [-0.05, 0) is 32.4 Å². The zero-order chi connectivity index (χ0) is 19.9. The number of likely N-dealkylation sites (tertiary alicyclic amines) is 1. The van der Waals surface area contributed by atoms with E-state index in [0.717, 1.165) is 0 Å². The lowest BCUT2D eigenvalue weighted by Gasteiger charge is -2.20. The minimum Gasteiger partial charge on any atom is -0.486 e. The number of hydrogen-bond acceptors (Lipinski definition) is 3. The Bertz CT molecular complexity index is 630. The van der Waals surface area contributed by atoms with Gasteiger partial charge in [0.15, 0.2) is 17.5 Å². The van der Waals surface area contributed by atoms with Crippen LogP contribution >= 0.6 is 24.0 Å². The molecule has 0 aliphatic carbocycles. The summed E-state index contributed by atoms with van der Waals surface area (Å²) in [5.41, 5.74) is 0. The number of nitrogens with one attached hydrogen (secondary N) is 2. The van der Waals surface area contributed by atoms with Gasteiger partial charge in [-0.15, -0.1) is 24.0 Å². The molecule has 2 rings (SSSR count). The van der Waals surface area contributed by atoms with E-state index in [1.807, 2.05) is 6.92 Å². The summed E-state index contributed by atoms with van der Waals surface area (Å²) in [5, 5.41) is 6.24. The smallest absolute Gasteiger partial charge is 0.401 e. The average Bonchev–Trinajstić information content (AvgIpc) is 3.00. The number of ether oxygens (including phenoxy) is 1. The molecule has 0 bridgehead atoms. The lowest BCUT2D eigenvalue weighted by atomic mass is 10.3. The Morgan fingerprint density at radius 1 is 1.36 bits per heavy atom. The van der Waals surface area contributed by atoms with Crippen molar-refractivity contribution in [2.45, 2.75) is 38.6 Å². The first-order valence-corrected chi connectivity index (χ1v) is 9.02. The molecule has 0 spiro atoms. The van der Waals surface area contributed by atoms with Crippen LogP contribution in [-0.2, 0) is 0 Å². The number of halogens is 5. The predicted molar refractivity (Wildman–Crippen MR) is 112 cm³/mol. The maximum atomic E-state index is 13.6. The quantitative estimate of drug-likeness (QED) is 0.252. The normalized spacial score (nSPS) is 19.1. The van der Waals surface area contributed by atoms with Crippen molar-refractivity contribution >= 4 is 29.9 Å². The van der Waals surface area contributed by atoms with Gasteiger partial charge in [-0.3, -0.25) is 4.90 Å². The van der Waals surface area contributed by atoms with Crippen LogP contribution in [0.5, 0.6) is 5.75 Å². The Morgan fingerprint density at radius 3 is 2.71 bits per heavy atom. The fraction of sp³-hybridized carbons (Fsp3) is 0.611. The molecule has 1 heterocycles. The molecule has 1 saturated heterocycles. The summed E-state index contributed by atoms with van der Waals surface area (Å²) in [4.78, 5) is 5.79. The number of para-hydroxylation sites is 1. The fourth-order valence-electron chi connectivity index (χ4n) is 2.88. The molecule has 1 aliphatic heterocycles. The van der Waals surface area contributed by atoms with E-state index < -0.39 is 18.5 Å². The number of benzene rings is 1. The molecule has 0 saturated carbocycles. The highest BCUT2D eigenvalue weighted by molar-refractivity contribution is 14.0. The van der Waals surface area contributed by atoms with E-state index in [2.05, 4.69) is 15.6 Å². The van der Waals surface area contributed by atoms with E-state index in [9.17, 15) is 17.6 Å². The molecular weight excluding hydrogens is 491 g/mol. The van der Waals surface area contributed by atoms with E-state index in [1.165, 1.54) is 11.0 Å². The second-order valence-corrected chi connectivity index (χ2v) is 6.56. The van der Waals surface area contributed by atoms with Crippen molar-refractivity contribution in [1.82, 2.24) is 15.5 Å². The Labute approximate surface area is 179 Å². The van der Waals surface area contributed by atoms with Crippen LogP contribution in [-0.4, -0.2) is 61.9 Å². The number of alkyl halides is 3. The average molecular weight is 518 g/mol. The largest absolute Gasteiger partial charge is 0.486 e. The van der Waals surface area contributed by atoms with Gasteiger partial charge in [-0.25, -0.2) is 9.38 Å². The number of hydrogen-bond donors (Lipinski definition) is 2. The van der Waals surface area contributed by atoms with E-state index in [0.29, 0.717) is 32.0 Å². The van der Waals surface area contributed by atoms with Gasteiger partial charge in [0.05, 0.1) is 13.1 Å². The van der Waals surface area contributed by atoms with Crippen molar-refractivity contribution in [3.63, 3.8) is 0 Å². The molecule has 2 atom stereocenters. The molecular formula is C18H27F4IN4O. The third-order valence-corrected chi connectivity index (χ3v) is 4.03. The van der Waals surface area contributed by atoms with Crippen LogP contribution < -0.4 is 15.4 Å². The molecule has 2 N–H and O–H groups in total. The molecule has 0 aromatic heterocycles. The number of aliphatic imine (C=N–C) groups is 1. The molecule has 1 aromatic rings. The molecule has 5 nitrogen and oxygen atoms in total. The Kier molecular flexibility index (Phi) is 10.3. The van der Waals surface area contributed by atoms with E-state index in [-0.39, 0.29) is 48.4 Å². The van der Waals surface area contributed by atoms with Gasteiger partial charge in [0, 0.05) is 25.7 Å². The standard InChI is InChI=1S/C18H26F4N4O.HI/c1-3-23-17(25-14-8-9-26(11-14)12-18(20,21)22)24-10-13(2)27-16-7-5-4-6-15(16)19;/h4-7,13-14H,3,8-12H2,1-2H3,(H2,23,24,25);1H. The third-order valence-electron chi connectivity index (χ3n) is 4.03. The van der Waals surface area contributed by atoms with Crippen molar-refractivity contribution in [3.8, 4) is 5.75 Å². The van der Waals surface area contributed by atoms with Gasteiger partial charge in [0.2, 0.25) is 0 Å². The zero-order valence-electron chi connectivity index (χ0n) is 15.9. The second-order valence-electron chi connectivity index (χ2n) is 6.56. The van der Waals surface area contributed by atoms with Gasteiger partial charge in [0.1, 0.15) is 6.10 Å². The maximum absolute atomic E-state index is 13.6. The van der Waals surface area contributed by atoms with Crippen LogP contribution in [0.1, 0.15) is 20.3 Å². The summed E-state index contributed by atoms with van der Waals surface area (Å²) < 4.78 is 56.7. The SMILES string of the molecule is CCNC(=NCC(C)Oc1ccccc1F)NC1CCN(CC(F)(F)F)C1.I. The first kappa shape index (κ1) is 24.7. The van der Waals surface area contributed by atoms with Crippen LogP contribution in [0.25, 0.3) is 0 Å². The fourth-order valence-corrected chi connectivity index (χ4v) is 2.88. The van der Waals surface area contributed by atoms with Crippen molar-refractivity contribution in [1.29, 1.82) is 0 Å². The summed E-state index contributed by atoms with van der Waals surface area (Å²) >= 11 is 0. The molecule has 1 fully saturated rings. The first-order valence-electron chi connectivity index (χ1n) is 9.02. The first-order chi connectivity index (χ1) is 12.8. The topological polar surface area (TPSA) is 48.9 Å². The summed E-state index contributed by atoms with van der Waals surface area (Å²) in [6, 6.07) is 6.04. The molecule has 0 radical (unpaired) electrons. The van der Waals surface area contributed by atoms with Crippen LogP contribution in [0.4, 0.5) is 17.6 Å². The van der Waals surface area contributed by atoms with Crippen LogP contribution in [0, 0.1) is 5.82 Å². The van der Waals surface area contributed by atoms with Crippen LogP contribution in [0.15, 0.2) is 29.3 Å². The van der Waals surface area contributed by atoms with E-state index in [1.54, 1.807) is 25.1 Å². The monoisotopic (exact) mass is 518 g/mol. The van der Waals surface area contributed by atoms with Gasteiger partial charge in [-0.2, -0.15) is 13.2 Å². The molecule has 1 aromatic carbocycles. The van der Waals surface area contributed by atoms with Crippen LogP contribution in [0.3, 0.4) is 0 Å². The minimum atomic E-state index is -4.19. The number of rotatable bonds is 7. The van der Waals surface area contributed by atoms with E-state index >= 15 is 0 Å². The lowest BCUT2D eigenvalue weighted by Crippen LogP contribution is -2.45. The molecule has 160 valence electrons. The number of guanidine groups is 1. The number of nitrogens with zero attached hydrogens (tertiary/aromatic N) is 2. The van der Waals surface area contributed by atoms with Crippen molar-refractivity contribution in [3.05, 3.63) is 30.1 Å². The van der Waals surface area contributed by atoms with Crippen LogP contribution in [0.2, 0.25) is 0 Å². The van der Waals surface area contributed by atoms with Gasteiger partial charge in [0.25, 0.3) is 0 Å². The molecule has 28 heavy (non-hydrogen) atoms. The molecule has 10 heteroatoms. The summed E-state index contributed by atoms with van der Waals surface area (Å²) in [6.07, 6.45) is -3.93. The molecule has 2 unspecified atom stereocenters. The molecule has 1 aliphatic rings. The summed E-state index contributed by atoms with van der Waals surface area (Å²) in [7, 11) is 0. The summed E-state index contributed by atoms with van der Waals surface area (Å²) in [6.45, 7) is 4.39. The van der Waals surface area contributed by atoms with Crippen molar-refractivity contribution in [2.24, 2.45) is 4.99 Å². The highest BCUT2D eigenvalue weighted by Crippen LogP contribution is 2.20. The predicted octanol–water partition coefficient (Wildman–Crippen LogP) is 3.40. The van der Waals surface area contributed by atoms with E-state index in [4.69, 9.17) is 4.74 Å². The zero-order valence-corrected chi connectivity index (χ0v) is 18.3. The maximum Gasteiger partial charge on any atom is 0.401 e. The Morgan fingerprint density at radius 2 is 2.07 bits per heavy atom. The minimum absolute atomic E-state index is 0. The Hall–Kier alpha value is -1.30. The highest BCUT2D eigenvalue weighted by atomic mass is 127. The third kappa shape index (κ3) is 8.80. The van der Waals surface area contributed by atoms with Crippen molar-refractivity contribution in [2.75, 3.05) is 32.7 Å². The summed E-state index contributed by atoms with van der Waals surface area (Å²) in [5.74, 6) is 0.242. The molecule has 0 amide bonds. The highest BCUT2D eigenvalue weighted by Gasteiger charge is 2.34. The second kappa shape index (κ2) is 11.6. The van der Waals surface area contributed by atoms with Crippen molar-refractivity contribution < 1.29 is 22.3 Å². The van der Waals surface area contributed by atoms with Gasteiger partial charge < -0.3 is 15.4 Å². The lowest BCUT2D eigenvalue weighted by molar-refractivity contribution is -0.143. The van der Waals surface area contributed by atoms with Gasteiger partial charge in [-0.1, -0.05) is 12.1 Å². The Balaban J connectivity index is 0.00000392. The van der Waals surface area contributed by atoms with Gasteiger partial charge >= 0.3 is 6.18 Å².